The average Bonchev–Trinajstić information content (AvgIpc) is 2.44. The third kappa shape index (κ3) is 3.45. The lowest BCUT2D eigenvalue weighted by Crippen LogP contribution is -2.04. The molecule has 0 spiro atoms. The lowest BCUT2D eigenvalue weighted by Gasteiger charge is -2.11. The van der Waals surface area contributed by atoms with E-state index in [4.69, 9.17) is 27.9 Å². The molecule has 2 aromatic carbocycles. The molecule has 0 amide bonds. The molecule has 106 valence electrons. The fraction of sp³-hybridized carbons (Fsp3) is 0.250. The van der Waals surface area contributed by atoms with Gasteiger partial charge in [-0.05, 0) is 31.2 Å². The molecule has 20 heavy (non-hydrogen) atoms. The zero-order chi connectivity index (χ0) is 14.5. The maximum atomic E-state index is 6.32. The second-order valence-corrected chi connectivity index (χ2v) is 5.24. The summed E-state index contributed by atoms with van der Waals surface area (Å²) in [5.41, 5.74) is 3.18. The molecule has 2 aromatic rings. The van der Waals surface area contributed by atoms with Gasteiger partial charge in [-0.3, -0.25) is 0 Å². The predicted octanol–water partition coefficient (Wildman–Crippen LogP) is 4.78. The molecular weight excluding hydrogens is 293 g/mol. The van der Waals surface area contributed by atoms with Gasteiger partial charge in [0.25, 0.3) is 0 Å². The van der Waals surface area contributed by atoms with Crippen LogP contribution in [0.25, 0.3) is 11.1 Å². The minimum atomic E-state index is 0.564. The van der Waals surface area contributed by atoms with Crippen molar-refractivity contribution in [1.82, 2.24) is 5.32 Å². The summed E-state index contributed by atoms with van der Waals surface area (Å²) < 4.78 is 5.43. The monoisotopic (exact) mass is 309 g/mol. The van der Waals surface area contributed by atoms with E-state index in [0.29, 0.717) is 22.4 Å². The van der Waals surface area contributed by atoms with Gasteiger partial charge < -0.3 is 10.1 Å². The van der Waals surface area contributed by atoms with Gasteiger partial charge in [-0.2, -0.15) is 0 Å². The highest BCUT2D eigenvalue weighted by atomic mass is 35.5. The number of halogens is 2. The largest absolute Gasteiger partial charge is 0.492 e. The van der Waals surface area contributed by atoms with E-state index in [9.17, 15) is 0 Å². The Kier molecular flexibility index (Phi) is 5.30. The zero-order valence-corrected chi connectivity index (χ0v) is 13.1. The van der Waals surface area contributed by atoms with Crippen LogP contribution in [-0.2, 0) is 6.54 Å². The Bertz CT molecular complexity index is 582. The molecule has 0 aromatic heterocycles. The highest BCUT2D eigenvalue weighted by molar-refractivity contribution is 6.36. The lowest BCUT2D eigenvalue weighted by atomic mass is 10.0. The van der Waals surface area contributed by atoms with Crippen molar-refractivity contribution in [3.8, 4) is 16.9 Å². The molecule has 4 heteroatoms. The molecule has 0 aliphatic rings. The average molecular weight is 310 g/mol. The SMILES string of the molecule is CCOc1cc(Cl)c(-c2ccc(CNC)cc2)cc1Cl. The number of nitrogens with one attached hydrogen (secondary N) is 1. The predicted molar refractivity (Wildman–Crippen MR) is 85.8 cm³/mol. The summed E-state index contributed by atoms with van der Waals surface area (Å²) in [5.74, 6) is 0.620. The van der Waals surface area contributed by atoms with Crippen LogP contribution >= 0.6 is 23.2 Å². The van der Waals surface area contributed by atoms with Gasteiger partial charge in [0, 0.05) is 18.2 Å². The molecule has 0 unspecified atom stereocenters. The van der Waals surface area contributed by atoms with E-state index in [1.807, 2.05) is 32.2 Å². The van der Waals surface area contributed by atoms with Crippen LogP contribution in [-0.4, -0.2) is 13.7 Å². The molecule has 0 aliphatic carbocycles. The summed E-state index contributed by atoms with van der Waals surface area (Å²) in [6.45, 7) is 3.32. The van der Waals surface area contributed by atoms with Crippen molar-refractivity contribution >= 4 is 23.2 Å². The molecular formula is C16H17Cl2NO. The second kappa shape index (κ2) is 6.98. The van der Waals surface area contributed by atoms with Crippen LogP contribution < -0.4 is 10.1 Å². The molecule has 2 rings (SSSR count). The van der Waals surface area contributed by atoms with Gasteiger partial charge in [0.1, 0.15) is 5.75 Å². The first-order chi connectivity index (χ1) is 9.65. The van der Waals surface area contributed by atoms with Crippen LogP contribution in [0.1, 0.15) is 12.5 Å². The van der Waals surface area contributed by atoms with Crippen molar-refractivity contribution in [1.29, 1.82) is 0 Å². The van der Waals surface area contributed by atoms with Crippen LogP contribution in [0.5, 0.6) is 5.75 Å². The Hall–Kier alpha value is -1.22. The molecule has 0 radical (unpaired) electrons. The van der Waals surface area contributed by atoms with E-state index in [1.165, 1.54) is 5.56 Å². The summed E-state index contributed by atoms with van der Waals surface area (Å²) >= 11 is 12.5. The summed E-state index contributed by atoms with van der Waals surface area (Å²) in [6, 6.07) is 11.9. The van der Waals surface area contributed by atoms with Gasteiger partial charge in [-0.1, -0.05) is 47.5 Å². The van der Waals surface area contributed by atoms with Gasteiger partial charge >= 0.3 is 0 Å². The Morgan fingerprint density at radius 2 is 1.75 bits per heavy atom. The Morgan fingerprint density at radius 1 is 1.05 bits per heavy atom. The van der Waals surface area contributed by atoms with Crippen molar-refractivity contribution in [3.63, 3.8) is 0 Å². The van der Waals surface area contributed by atoms with E-state index in [1.54, 1.807) is 6.07 Å². The highest BCUT2D eigenvalue weighted by Crippen LogP contribution is 2.36. The maximum absolute atomic E-state index is 6.32. The topological polar surface area (TPSA) is 21.3 Å². The standard InChI is InChI=1S/C16H17Cl2NO/c1-3-20-16-9-14(17)13(8-15(16)18)12-6-4-11(5-7-12)10-19-2/h4-9,19H,3,10H2,1-2H3. The van der Waals surface area contributed by atoms with E-state index in [0.717, 1.165) is 17.7 Å². The van der Waals surface area contributed by atoms with E-state index in [2.05, 4.69) is 17.4 Å². The smallest absolute Gasteiger partial charge is 0.139 e. The van der Waals surface area contributed by atoms with Crippen LogP contribution in [0.4, 0.5) is 0 Å². The molecule has 0 saturated carbocycles. The van der Waals surface area contributed by atoms with Crippen molar-refractivity contribution in [2.45, 2.75) is 13.5 Å². The van der Waals surface area contributed by atoms with Crippen LogP contribution in [0.2, 0.25) is 10.0 Å². The third-order valence-electron chi connectivity index (χ3n) is 2.97. The maximum Gasteiger partial charge on any atom is 0.139 e. The number of hydrogen-bond donors (Lipinski definition) is 1. The molecule has 2 nitrogen and oxygen atoms in total. The summed E-state index contributed by atoms with van der Waals surface area (Å²) in [7, 11) is 1.93. The van der Waals surface area contributed by atoms with Crippen LogP contribution in [0, 0.1) is 0 Å². The molecule has 0 fully saturated rings. The highest BCUT2D eigenvalue weighted by Gasteiger charge is 2.10. The Balaban J connectivity index is 2.34. The zero-order valence-electron chi connectivity index (χ0n) is 11.5. The number of benzene rings is 2. The first kappa shape index (κ1) is 15.2. The van der Waals surface area contributed by atoms with E-state index < -0.39 is 0 Å². The van der Waals surface area contributed by atoms with Crippen molar-refractivity contribution < 1.29 is 4.74 Å². The summed E-state index contributed by atoms with van der Waals surface area (Å²) in [5, 5.41) is 4.33. The van der Waals surface area contributed by atoms with Crippen molar-refractivity contribution in [2.75, 3.05) is 13.7 Å². The van der Waals surface area contributed by atoms with E-state index in [-0.39, 0.29) is 0 Å². The van der Waals surface area contributed by atoms with E-state index >= 15 is 0 Å². The fourth-order valence-electron chi connectivity index (χ4n) is 2.02. The second-order valence-electron chi connectivity index (χ2n) is 4.42. The number of ether oxygens (including phenoxy) is 1. The molecule has 0 bridgehead atoms. The quantitative estimate of drug-likeness (QED) is 0.858. The van der Waals surface area contributed by atoms with Gasteiger partial charge in [0.2, 0.25) is 0 Å². The first-order valence-corrected chi connectivity index (χ1v) is 7.27. The van der Waals surface area contributed by atoms with Crippen molar-refractivity contribution in [2.24, 2.45) is 0 Å². The molecule has 1 N–H and O–H groups in total. The molecule has 0 aliphatic heterocycles. The van der Waals surface area contributed by atoms with Crippen LogP contribution in [0.15, 0.2) is 36.4 Å². The minimum absolute atomic E-state index is 0.564. The normalized spacial score (nSPS) is 10.6. The fourth-order valence-corrected chi connectivity index (χ4v) is 2.50. The molecule has 0 atom stereocenters. The van der Waals surface area contributed by atoms with Gasteiger partial charge in [0.05, 0.1) is 16.7 Å². The van der Waals surface area contributed by atoms with Crippen LogP contribution in [0.3, 0.4) is 0 Å². The number of rotatable bonds is 5. The summed E-state index contributed by atoms with van der Waals surface area (Å²) in [6.07, 6.45) is 0. The Morgan fingerprint density at radius 3 is 2.35 bits per heavy atom. The lowest BCUT2D eigenvalue weighted by molar-refractivity contribution is 0.340. The van der Waals surface area contributed by atoms with Gasteiger partial charge in [-0.25, -0.2) is 0 Å². The molecule has 0 heterocycles. The first-order valence-electron chi connectivity index (χ1n) is 6.51. The molecule has 0 saturated heterocycles. The Labute approximate surface area is 129 Å². The number of hydrogen-bond acceptors (Lipinski definition) is 2. The van der Waals surface area contributed by atoms with Crippen molar-refractivity contribution in [3.05, 3.63) is 52.0 Å². The summed E-state index contributed by atoms with van der Waals surface area (Å²) in [4.78, 5) is 0. The van der Waals surface area contributed by atoms with Gasteiger partial charge in [0.15, 0.2) is 0 Å². The minimum Gasteiger partial charge on any atom is -0.492 e. The third-order valence-corrected chi connectivity index (χ3v) is 3.58. The van der Waals surface area contributed by atoms with Gasteiger partial charge in [-0.15, -0.1) is 0 Å².